The maximum atomic E-state index is 11.9. The predicted octanol–water partition coefficient (Wildman–Crippen LogP) is 2.23. The third-order valence-corrected chi connectivity index (χ3v) is 4.49. The van der Waals surface area contributed by atoms with Crippen LogP contribution in [0.4, 0.5) is 10.5 Å². The van der Waals surface area contributed by atoms with Crippen LogP contribution in [0.25, 0.3) is 0 Å². The first kappa shape index (κ1) is 22.0. The molecule has 1 aliphatic rings. The highest BCUT2D eigenvalue weighted by atomic mass is 16.6. The topological polar surface area (TPSA) is 73.9 Å². The quantitative estimate of drug-likeness (QED) is 0.666. The monoisotopic (exact) mass is 390 g/mol. The lowest BCUT2D eigenvalue weighted by atomic mass is 10.2. The molecule has 1 aliphatic heterocycles. The van der Waals surface area contributed by atoms with E-state index in [4.69, 9.17) is 4.74 Å². The number of nitrogens with one attached hydrogen (secondary N) is 2. The van der Waals surface area contributed by atoms with E-state index in [-0.39, 0.29) is 5.91 Å². The molecule has 0 spiro atoms. The number of para-hydroxylation sites is 1. The number of carbonyl (C=O) groups excluding carboxylic acids is 2. The first-order valence-electron chi connectivity index (χ1n) is 10.1. The van der Waals surface area contributed by atoms with Gasteiger partial charge in [0.15, 0.2) is 0 Å². The van der Waals surface area contributed by atoms with Crippen molar-refractivity contribution in [3.05, 3.63) is 30.3 Å². The van der Waals surface area contributed by atoms with Gasteiger partial charge in [0, 0.05) is 57.9 Å². The van der Waals surface area contributed by atoms with Crippen molar-refractivity contribution in [2.24, 2.45) is 0 Å². The number of carbonyl (C=O) groups is 2. The van der Waals surface area contributed by atoms with Gasteiger partial charge in [0.1, 0.15) is 5.60 Å². The molecule has 0 atom stereocenters. The van der Waals surface area contributed by atoms with Crippen LogP contribution in [0.15, 0.2) is 30.3 Å². The molecule has 1 saturated heterocycles. The number of ether oxygens (including phenoxy) is 1. The predicted molar refractivity (Wildman–Crippen MR) is 112 cm³/mol. The van der Waals surface area contributed by atoms with Crippen LogP contribution in [-0.4, -0.2) is 68.3 Å². The minimum atomic E-state index is -0.506. The van der Waals surface area contributed by atoms with Crippen molar-refractivity contribution >= 4 is 17.7 Å². The van der Waals surface area contributed by atoms with Gasteiger partial charge in [-0.3, -0.25) is 9.69 Å². The number of rotatable bonds is 8. The van der Waals surface area contributed by atoms with Gasteiger partial charge in [-0.25, -0.2) is 4.79 Å². The molecule has 1 aromatic rings. The van der Waals surface area contributed by atoms with Crippen molar-refractivity contribution in [2.75, 3.05) is 50.7 Å². The summed E-state index contributed by atoms with van der Waals surface area (Å²) in [7, 11) is 0. The van der Waals surface area contributed by atoms with Crippen molar-refractivity contribution in [1.29, 1.82) is 0 Å². The van der Waals surface area contributed by atoms with E-state index in [1.807, 2.05) is 26.8 Å². The standard InChI is InChI=1S/C21H34N4O3/c1-21(2,3)28-20(27)23-11-7-10-19(26)22-12-13-24-14-16-25(17-15-24)18-8-5-4-6-9-18/h4-6,8-9H,7,10-17H2,1-3H3,(H,22,26)(H,23,27). The van der Waals surface area contributed by atoms with Crippen molar-refractivity contribution in [2.45, 2.75) is 39.2 Å². The summed E-state index contributed by atoms with van der Waals surface area (Å²) in [5.74, 6) is 0.0221. The summed E-state index contributed by atoms with van der Waals surface area (Å²) in [6.45, 7) is 11.4. The summed E-state index contributed by atoms with van der Waals surface area (Å²) >= 11 is 0. The Hall–Kier alpha value is -2.28. The molecule has 0 unspecified atom stereocenters. The molecule has 1 heterocycles. The van der Waals surface area contributed by atoms with E-state index in [1.165, 1.54) is 5.69 Å². The molecule has 2 N–H and O–H groups in total. The second kappa shape index (κ2) is 10.9. The molecule has 1 aromatic carbocycles. The molecule has 7 nitrogen and oxygen atoms in total. The smallest absolute Gasteiger partial charge is 0.407 e. The molecular formula is C21H34N4O3. The van der Waals surface area contributed by atoms with Crippen LogP contribution < -0.4 is 15.5 Å². The number of anilines is 1. The van der Waals surface area contributed by atoms with Gasteiger partial charge in [-0.05, 0) is 39.3 Å². The molecule has 0 saturated carbocycles. The minimum Gasteiger partial charge on any atom is -0.444 e. The fraction of sp³-hybridized carbons (Fsp3) is 0.619. The van der Waals surface area contributed by atoms with Crippen LogP contribution in [0.3, 0.4) is 0 Å². The van der Waals surface area contributed by atoms with Crippen molar-refractivity contribution in [1.82, 2.24) is 15.5 Å². The summed E-state index contributed by atoms with van der Waals surface area (Å²) in [6, 6.07) is 10.5. The van der Waals surface area contributed by atoms with Crippen LogP contribution >= 0.6 is 0 Å². The Morgan fingerprint density at radius 2 is 1.68 bits per heavy atom. The van der Waals surface area contributed by atoms with Gasteiger partial charge in [-0.15, -0.1) is 0 Å². The number of piperazine rings is 1. The fourth-order valence-corrected chi connectivity index (χ4v) is 3.06. The van der Waals surface area contributed by atoms with Crippen LogP contribution in [0.1, 0.15) is 33.6 Å². The molecule has 7 heteroatoms. The zero-order valence-corrected chi connectivity index (χ0v) is 17.4. The molecule has 28 heavy (non-hydrogen) atoms. The van der Waals surface area contributed by atoms with E-state index < -0.39 is 11.7 Å². The van der Waals surface area contributed by atoms with Crippen molar-refractivity contribution in [3.63, 3.8) is 0 Å². The number of nitrogens with zero attached hydrogens (tertiary/aromatic N) is 2. The van der Waals surface area contributed by atoms with Crippen molar-refractivity contribution < 1.29 is 14.3 Å². The van der Waals surface area contributed by atoms with E-state index in [2.05, 4.69) is 44.7 Å². The van der Waals surface area contributed by atoms with Gasteiger partial charge in [-0.2, -0.15) is 0 Å². The van der Waals surface area contributed by atoms with Gasteiger partial charge in [0.25, 0.3) is 0 Å². The highest BCUT2D eigenvalue weighted by molar-refractivity contribution is 5.75. The lowest BCUT2D eigenvalue weighted by molar-refractivity contribution is -0.121. The number of hydrogen-bond donors (Lipinski definition) is 2. The minimum absolute atomic E-state index is 0.0221. The summed E-state index contributed by atoms with van der Waals surface area (Å²) in [6.07, 6.45) is 0.556. The lowest BCUT2D eigenvalue weighted by Gasteiger charge is -2.36. The Morgan fingerprint density at radius 1 is 1.00 bits per heavy atom. The second-order valence-electron chi connectivity index (χ2n) is 8.05. The maximum Gasteiger partial charge on any atom is 0.407 e. The van der Waals surface area contributed by atoms with E-state index >= 15 is 0 Å². The SMILES string of the molecule is CC(C)(C)OC(=O)NCCCC(=O)NCCN1CCN(c2ccccc2)CC1. The van der Waals surface area contributed by atoms with E-state index in [0.29, 0.717) is 25.9 Å². The molecule has 0 radical (unpaired) electrons. The Bertz CT molecular complexity index is 608. The van der Waals surface area contributed by atoms with E-state index in [0.717, 1.165) is 32.7 Å². The molecule has 0 aliphatic carbocycles. The van der Waals surface area contributed by atoms with Crippen LogP contribution in [-0.2, 0) is 9.53 Å². The van der Waals surface area contributed by atoms with Crippen LogP contribution in [0.2, 0.25) is 0 Å². The van der Waals surface area contributed by atoms with Gasteiger partial charge in [-0.1, -0.05) is 18.2 Å². The highest BCUT2D eigenvalue weighted by Crippen LogP contribution is 2.15. The second-order valence-corrected chi connectivity index (χ2v) is 8.05. The zero-order valence-electron chi connectivity index (χ0n) is 17.4. The van der Waals surface area contributed by atoms with Crippen LogP contribution in [0.5, 0.6) is 0 Å². The van der Waals surface area contributed by atoms with Gasteiger partial charge < -0.3 is 20.3 Å². The van der Waals surface area contributed by atoms with Gasteiger partial charge >= 0.3 is 6.09 Å². The number of amides is 2. The Labute approximate surface area is 168 Å². The summed E-state index contributed by atoms with van der Waals surface area (Å²) in [4.78, 5) is 28.2. The first-order chi connectivity index (χ1) is 13.3. The van der Waals surface area contributed by atoms with Gasteiger partial charge in [0.05, 0.1) is 0 Å². The summed E-state index contributed by atoms with van der Waals surface area (Å²) in [5, 5.41) is 5.63. The third kappa shape index (κ3) is 8.61. The average Bonchev–Trinajstić information content (AvgIpc) is 2.65. The van der Waals surface area contributed by atoms with Gasteiger partial charge in [0.2, 0.25) is 5.91 Å². The third-order valence-electron chi connectivity index (χ3n) is 4.49. The summed E-state index contributed by atoms with van der Waals surface area (Å²) < 4.78 is 5.15. The molecule has 2 amide bonds. The average molecular weight is 391 g/mol. The van der Waals surface area contributed by atoms with E-state index in [9.17, 15) is 9.59 Å². The normalized spacial score (nSPS) is 15.2. The number of alkyl carbamates (subject to hydrolysis) is 1. The molecular weight excluding hydrogens is 356 g/mol. The zero-order chi connectivity index (χ0) is 20.4. The van der Waals surface area contributed by atoms with Crippen LogP contribution in [0, 0.1) is 0 Å². The molecule has 0 bridgehead atoms. The molecule has 1 fully saturated rings. The van der Waals surface area contributed by atoms with E-state index in [1.54, 1.807) is 0 Å². The Morgan fingerprint density at radius 3 is 2.32 bits per heavy atom. The maximum absolute atomic E-state index is 11.9. The largest absolute Gasteiger partial charge is 0.444 e. The molecule has 2 rings (SSSR count). The number of benzene rings is 1. The summed E-state index contributed by atoms with van der Waals surface area (Å²) in [5.41, 5.74) is 0.768. The Kier molecular flexibility index (Phi) is 8.57. The highest BCUT2D eigenvalue weighted by Gasteiger charge is 2.17. The molecule has 0 aromatic heterocycles. The molecule has 156 valence electrons. The first-order valence-corrected chi connectivity index (χ1v) is 10.1. The fourth-order valence-electron chi connectivity index (χ4n) is 3.06. The lowest BCUT2D eigenvalue weighted by Crippen LogP contribution is -2.48. The number of hydrogen-bond acceptors (Lipinski definition) is 5. The van der Waals surface area contributed by atoms with Crippen molar-refractivity contribution in [3.8, 4) is 0 Å². The Balaban J connectivity index is 1.50.